The number of rotatable bonds is 15. The fourth-order valence-corrected chi connectivity index (χ4v) is 11.2. The lowest BCUT2D eigenvalue weighted by Gasteiger charge is -2.38. The van der Waals surface area contributed by atoms with Crippen molar-refractivity contribution in [2.45, 2.75) is 199 Å². The summed E-state index contributed by atoms with van der Waals surface area (Å²) in [4.78, 5) is 0. The minimum atomic E-state index is -4.62. The quantitative estimate of drug-likeness (QED) is 0.132. The van der Waals surface area contributed by atoms with Crippen LogP contribution < -0.4 is 9.47 Å². The molecule has 0 aromatic heterocycles. The van der Waals surface area contributed by atoms with E-state index in [1.807, 2.05) is 24.3 Å². The van der Waals surface area contributed by atoms with Crippen LogP contribution in [0.5, 0.6) is 11.5 Å². The Morgan fingerprint density at radius 1 is 0.404 bits per heavy atom. The predicted molar refractivity (Wildman–Crippen MR) is 219 cm³/mol. The highest BCUT2D eigenvalue weighted by molar-refractivity contribution is 5.31. The van der Waals surface area contributed by atoms with Crippen LogP contribution in [0.4, 0.5) is 26.3 Å². The Bertz CT molecular complexity index is 1360. The van der Waals surface area contributed by atoms with E-state index in [0.717, 1.165) is 46.6 Å². The van der Waals surface area contributed by atoms with Crippen molar-refractivity contribution in [1.29, 1.82) is 0 Å². The van der Waals surface area contributed by atoms with Crippen molar-refractivity contribution in [1.82, 2.24) is 0 Å². The van der Waals surface area contributed by atoms with Gasteiger partial charge in [0.25, 0.3) is 0 Å². The zero-order chi connectivity index (χ0) is 40.7. The summed E-state index contributed by atoms with van der Waals surface area (Å²) in [6, 6.07) is 13.1. The molecule has 0 unspecified atom stereocenters. The second-order valence-electron chi connectivity index (χ2n) is 18.4. The summed E-state index contributed by atoms with van der Waals surface area (Å²) < 4.78 is 81.8. The molecule has 2 nitrogen and oxygen atoms in total. The molecule has 322 valence electrons. The topological polar surface area (TPSA) is 18.5 Å². The SMILES string of the molecule is CCCCCC[C@H]1CC[C@H](C2CCC(c3ccc(OC(F)(F)F)cc3)CC2)CC1.CCCCC[C@H]1CC[C@H](C2CCC(c3ccc(OC(F)(F)F)cc3)CC2)CC1. The van der Waals surface area contributed by atoms with Crippen LogP contribution in [0.3, 0.4) is 0 Å². The fraction of sp³-hybridized carbons (Fsp3) is 0.755. The average molecular weight is 807 g/mol. The Morgan fingerprint density at radius 2 is 0.702 bits per heavy atom. The van der Waals surface area contributed by atoms with Crippen LogP contribution in [0.25, 0.3) is 0 Å². The number of benzene rings is 2. The van der Waals surface area contributed by atoms with Crippen molar-refractivity contribution in [3.63, 3.8) is 0 Å². The van der Waals surface area contributed by atoms with Gasteiger partial charge >= 0.3 is 12.7 Å². The Hall–Kier alpha value is -2.38. The van der Waals surface area contributed by atoms with Crippen molar-refractivity contribution in [2.24, 2.45) is 35.5 Å². The fourth-order valence-electron chi connectivity index (χ4n) is 11.2. The van der Waals surface area contributed by atoms with Crippen molar-refractivity contribution < 1.29 is 35.8 Å². The molecule has 6 rings (SSSR count). The zero-order valence-electron chi connectivity index (χ0n) is 35.0. The van der Waals surface area contributed by atoms with Crippen molar-refractivity contribution in [3.05, 3.63) is 59.7 Å². The first-order chi connectivity index (χ1) is 27.4. The van der Waals surface area contributed by atoms with Crippen LogP contribution >= 0.6 is 0 Å². The molecule has 0 N–H and O–H groups in total. The van der Waals surface area contributed by atoms with Gasteiger partial charge in [-0.15, -0.1) is 26.3 Å². The van der Waals surface area contributed by atoms with E-state index in [1.165, 1.54) is 185 Å². The molecule has 4 saturated carbocycles. The van der Waals surface area contributed by atoms with E-state index in [-0.39, 0.29) is 11.5 Å². The van der Waals surface area contributed by atoms with Gasteiger partial charge in [0.05, 0.1) is 0 Å². The van der Waals surface area contributed by atoms with E-state index >= 15 is 0 Å². The number of hydrogen-bond acceptors (Lipinski definition) is 2. The molecule has 0 aliphatic heterocycles. The molecule has 2 aromatic rings. The van der Waals surface area contributed by atoms with Gasteiger partial charge in [-0.05, 0) is 160 Å². The van der Waals surface area contributed by atoms with Gasteiger partial charge in [0.15, 0.2) is 0 Å². The van der Waals surface area contributed by atoms with Gasteiger partial charge in [-0.1, -0.05) is 122 Å². The van der Waals surface area contributed by atoms with Crippen LogP contribution in [0, 0.1) is 35.5 Å². The Morgan fingerprint density at radius 3 is 1.02 bits per heavy atom. The summed E-state index contributed by atoms with van der Waals surface area (Å²) in [5, 5.41) is 0. The first-order valence-corrected chi connectivity index (χ1v) is 23.1. The number of alkyl halides is 6. The van der Waals surface area contributed by atoms with Crippen molar-refractivity contribution in [2.75, 3.05) is 0 Å². The smallest absolute Gasteiger partial charge is 0.406 e. The van der Waals surface area contributed by atoms with Gasteiger partial charge in [0, 0.05) is 0 Å². The second kappa shape index (κ2) is 22.8. The minimum absolute atomic E-state index is 0.124. The van der Waals surface area contributed by atoms with Crippen LogP contribution in [0.2, 0.25) is 0 Å². The normalized spacial score (nSPS) is 28.6. The summed E-state index contributed by atoms with van der Waals surface area (Å²) in [7, 11) is 0. The minimum Gasteiger partial charge on any atom is -0.406 e. The molecular formula is C49H72F6O2. The largest absolute Gasteiger partial charge is 0.573 e. The van der Waals surface area contributed by atoms with Gasteiger partial charge in [-0.3, -0.25) is 0 Å². The third kappa shape index (κ3) is 16.0. The maximum atomic E-state index is 12.3. The number of unbranched alkanes of at least 4 members (excludes halogenated alkanes) is 5. The molecule has 4 aliphatic rings. The van der Waals surface area contributed by atoms with Crippen LogP contribution in [0.15, 0.2) is 48.5 Å². The highest BCUT2D eigenvalue weighted by Gasteiger charge is 2.34. The summed E-state index contributed by atoms with van der Waals surface area (Å²) in [6.07, 6.45) is 24.4. The molecule has 0 atom stereocenters. The van der Waals surface area contributed by atoms with Crippen molar-refractivity contribution >= 4 is 0 Å². The second-order valence-corrected chi connectivity index (χ2v) is 18.4. The number of hydrogen-bond donors (Lipinski definition) is 0. The lowest BCUT2D eigenvalue weighted by Crippen LogP contribution is -2.25. The Balaban J connectivity index is 0.000000218. The standard InChI is InChI=1S/C25H37F3O.C24H35F3O/c1-2-3-4-5-6-19-7-9-20(10-8-19)21-11-13-22(14-12-21)23-15-17-24(18-16-23)29-25(26,27)28;1-2-3-4-5-18-6-8-19(9-7-18)20-10-12-21(13-11-20)22-14-16-23(17-15-22)28-24(25,26)27/h15-22H,2-14H2,1H3;14-21H,2-13H2,1H3/t19-,20-,21?,22?;18-,19-,20?,21?. The molecule has 0 saturated heterocycles. The van der Waals surface area contributed by atoms with Gasteiger partial charge in [-0.25, -0.2) is 0 Å². The van der Waals surface area contributed by atoms with Gasteiger partial charge in [0.1, 0.15) is 11.5 Å². The molecule has 4 aliphatic carbocycles. The van der Waals surface area contributed by atoms with E-state index in [4.69, 9.17) is 0 Å². The van der Waals surface area contributed by atoms with E-state index in [1.54, 1.807) is 0 Å². The Kier molecular flexibility index (Phi) is 18.3. The first kappa shape index (κ1) is 45.7. The zero-order valence-corrected chi connectivity index (χ0v) is 35.0. The lowest BCUT2D eigenvalue weighted by atomic mass is 9.68. The monoisotopic (exact) mass is 807 g/mol. The summed E-state index contributed by atoms with van der Waals surface area (Å²) in [6.45, 7) is 4.55. The van der Waals surface area contributed by atoms with Crippen LogP contribution in [-0.4, -0.2) is 12.7 Å². The maximum absolute atomic E-state index is 12.3. The third-order valence-corrected chi connectivity index (χ3v) is 14.5. The van der Waals surface area contributed by atoms with Crippen LogP contribution in [-0.2, 0) is 0 Å². The van der Waals surface area contributed by atoms with Gasteiger partial charge < -0.3 is 9.47 Å². The highest BCUT2D eigenvalue weighted by Crippen LogP contribution is 2.46. The van der Waals surface area contributed by atoms with E-state index in [2.05, 4.69) is 23.3 Å². The molecule has 8 heteroatoms. The summed E-state index contributed by atoms with van der Waals surface area (Å²) in [5.74, 6) is 6.20. The third-order valence-electron chi connectivity index (χ3n) is 14.5. The molecule has 0 bridgehead atoms. The van der Waals surface area contributed by atoms with E-state index < -0.39 is 12.7 Å². The maximum Gasteiger partial charge on any atom is 0.573 e. The first-order valence-electron chi connectivity index (χ1n) is 23.1. The van der Waals surface area contributed by atoms with E-state index in [0.29, 0.717) is 11.8 Å². The summed E-state index contributed by atoms with van der Waals surface area (Å²) >= 11 is 0. The molecular weight excluding hydrogens is 735 g/mol. The van der Waals surface area contributed by atoms with Crippen LogP contribution in [0.1, 0.15) is 197 Å². The molecule has 57 heavy (non-hydrogen) atoms. The molecule has 4 fully saturated rings. The van der Waals surface area contributed by atoms with Gasteiger partial charge in [0.2, 0.25) is 0 Å². The predicted octanol–water partition coefficient (Wildman–Crippen LogP) is 16.9. The average Bonchev–Trinajstić information content (AvgIpc) is 3.20. The van der Waals surface area contributed by atoms with E-state index in [9.17, 15) is 26.3 Å². The van der Waals surface area contributed by atoms with Gasteiger partial charge in [-0.2, -0.15) is 0 Å². The Labute approximate surface area is 340 Å². The summed E-state index contributed by atoms with van der Waals surface area (Å²) in [5.41, 5.74) is 2.32. The lowest BCUT2D eigenvalue weighted by molar-refractivity contribution is -0.275. The molecule has 0 amide bonds. The number of halogens is 6. The molecule has 0 heterocycles. The molecule has 2 aromatic carbocycles. The highest BCUT2D eigenvalue weighted by atomic mass is 19.4. The molecule has 0 spiro atoms. The number of ether oxygens (including phenoxy) is 2. The molecule has 0 radical (unpaired) electrons. The van der Waals surface area contributed by atoms with Crippen molar-refractivity contribution in [3.8, 4) is 11.5 Å².